The van der Waals surface area contributed by atoms with Crippen LogP contribution in [-0.2, 0) is 37.3 Å². The molecule has 4 amide bonds. The van der Waals surface area contributed by atoms with Crippen LogP contribution < -0.4 is 26.8 Å². The highest BCUT2D eigenvalue weighted by atomic mass is 32.1. The summed E-state index contributed by atoms with van der Waals surface area (Å²) in [4.78, 5) is 69.0. The minimum Gasteiger partial charge on any atom is -0.494 e. The summed E-state index contributed by atoms with van der Waals surface area (Å²) in [6.45, 7) is 11.5. The van der Waals surface area contributed by atoms with Gasteiger partial charge in [0.25, 0.3) is 11.8 Å². The first-order valence-corrected chi connectivity index (χ1v) is 20.0. The van der Waals surface area contributed by atoms with Crippen molar-refractivity contribution in [2.75, 3.05) is 44.0 Å². The predicted molar refractivity (Wildman–Crippen MR) is 223 cm³/mol. The lowest BCUT2D eigenvalue weighted by Gasteiger charge is -2.27. The van der Waals surface area contributed by atoms with Gasteiger partial charge < -0.3 is 30.1 Å². The topological polar surface area (TPSA) is 232 Å². The number of fused-ring (bicyclic) bond motifs is 2. The van der Waals surface area contributed by atoms with Crippen molar-refractivity contribution in [3.63, 3.8) is 0 Å². The second-order valence-electron chi connectivity index (χ2n) is 14.0. The lowest BCUT2D eigenvalue weighted by atomic mass is 10.1. The number of thiazole rings is 1. The number of benzene rings is 2. The summed E-state index contributed by atoms with van der Waals surface area (Å²) >= 11 is 1.31. The quantitative estimate of drug-likeness (QED) is 0.108. The van der Waals surface area contributed by atoms with Crippen molar-refractivity contribution in [2.24, 2.45) is 11.5 Å². The van der Waals surface area contributed by atoms with Gasteiger partial charge in [0, 0.05) is 50.4 Å². The summed E-state index contributed by atoms with van der Waals surface area (Å²) in [5.41, 5.74) is 16.6. The number of nitrogens with two attached hydrogens (primary N) is 2. The molecule has 6 N–H and O–H groups in total. The minimum atomic E-state index is -0.657. The summed E-state index contributed by atoms with van der Waals surface area (Å²) in [6.07, 6.45) is 4.37. The SMILES string of the molecule is CCc1nc(C)sc1C(=O)Nc1nc2cc(C(N)=O)cc(CN3CCOCC3)c2n1CC=CCn1c(NC(=O)c2cc(C)nn2CC)nc2cc(C(N)=O)cc(OC)c21. The Morgan fingerprint density at radius 2 is 1.46 bits per heavy atom. The van der Waals surface area contributed by atoms with E-state index in [-0.39, 0.29) is 36.5 Å². The maximum Gasteiger partial charge on any atom is 0.276 e. The van der Waals surface area contributed by atoms with Crippen molar-refractivity contribution < 1.29 is 28.7 Å². The number of amides is 4. The number of carbonyl (C=O) groups excluding carboxylic acids is 4. The van der Waals surface area contributed by atoms with E-state index in [1.165, 1.54) is 24.5 Å². The summed E-state index contributed by atoms with van der Waals surface area (Å²) in [7, 11) is 1.47. The first-order valence-electron chi connectivity index (χ1n) is 19.2. The molecular weight excluding hydrogens is 777 g/mol. The number of hydrogen-bond donors (Lipinski definition) is 4. The molecule has 5 heterocycles. The summed E-state index contributed by atoms with van der Waals surface area (Å²) in [6, 6.07) is 8.19. The van der Waals surface area contributed by atoms with E-state index < -0.39 is 17.7 Å². The van der Waals surface area contributed by atoms with Crippen LogP contribution in [0.4, 0.5) is 11.9 Å². The van der Waals surface area contributed by atoms with Gasteiger partial charge in [-0.2, -0.15) is 5.10 Å². The maximum atomic E-state index is 13.8. The normalized spacial score (nSPS) is 13.4. The molecular formula is C40H46N12O6S. The predicted octanol–water partition coefficient (Wildman–Crippen LogP) is 4.04. The van der Waals surface area contributed by atoms with Gasteiger partial charge in [0.2, 0.25) is 23.7 Å². The number of imidazole rings is 2. The highest BCUT2D eigenvalue weighted by molar-refractivity contribution is 7.13. The highest BCUT2D eigenvalue weighted by Gasteiger charge is 2.24. The fourth-order valence-electron chi connectivity index (χ4n) is 7.23. The Bertz CT molecular complexity index is 2630. The van der Waals surface area contributed by atoms with Crippen molar-refractivity contribution in [3.8, 4) is 5.75 Å². The lowest BCUT2D eigenvalue weighted by Crippen LogP contribution is -2.35. The molecule has 1 aliphatic heterocycles. The molecule has 0 aliphatic carbocycles. The second-order valence-corrected chi connectivity index (χ2v) is 15.2. The zero-order valence-corrected chi connectivity index (χ0v) is 34.3. The van der Waals surface area contributed by atoms with E-state index in [2.05, 4.69) is 25.6 Å². The summed E-state index contributed by atoms with van der Waals surface area (Å²) in [5.74, 6) is -1.20. The lowest BCUT2D eigenvalue weighted by molar-refractivity contribution is 0.0343. The Morgan fingerprint density at radius 1 is 0.847 bits per heavy atom. The second kappa shape index (κ2) is 17.2. The zero-order valence-electron chi connectivity index (χ0n) is 33.5. The molecule has 6 aromatic rings. The zero-order chi connectivity index (χ0) is 42.0. The number of nitrogens with one attached hydrogen (secondary N) is 2. The van der Waals surface area contributed by atoms with Gasteiger partial charge in [-0.3, -0.25) is 39.4 Å². The summed E-state index contributed by atoms with van der Waals surface area (Å²) in [5, 5.41) is 11.1. The van der Waals surface area contributed by atoms with Crippen LogP contribution in [0.25, 0.3) is 22.1 Å². The first kappa shape index (κ1) is 40.7. The van der Waals surface area contributed by atoms with E-state index in [1.807, 2.05) is 44.4 Å². The van der Waals surface area contributed by atoms with Crippen LogP contribution in [0, 0.1) is 13.8 Å². The highest BCUT2D eigenvalue weighted by Crippen LogP contribution is 2.32. The van der Waals surface area contributed by atoms with E-state index in [0.29, 0.717) is 95.6 Å². The van der Waals surface area contributed by atoms with Gasteiger partial charge in [0.15, 0.2) is 0 Å². The van der Waals surface area contributed by atoms with Gasteiger partial charge in [-0.15, -0.1) is 11.3 Å². The number of methoxy groups -OCH3 is 1. The average Bonchev–Trinajstić information content (AvgIpc) is 3.98. The van der Waals surface area contributed by atoms with E-state index >= 15 is 0 Å². The molecule has 0 atom stereocenters. The number of aromatic nitrogens is 7. The van der Waals surface area contributed by atoms with Gasteiger partial charge in [-0.1, -0.05) is 19.1 Å². The number of allylic oxidation sites excluding steroid dienone is 2. The number of primary amides is 2. The van der Waals surface area contributed by atoms with Crippen LogP contribution in [0.1, 0.15) is 76.7 Å². The van der Waals surface area contributed by atoms with Crippen molar-refractivity contribution in [2.45, 2.75) is 60.3 Å². The van der Waals surface area contributed by atoms with Gasteiger partial charge in [0.1, 0.15) is 21.8 Å². The van der Waals surface area contributed by atoms with E-state index in [1.54, 1.807) is 33.5 Å². The van der Waals surface area contributed by atoms with E-state index in [0.717, 1.165) is 16.1 Å². The molecule has 59 heavy (non-hydrogen) atoms. The van der Waals surface area contributed by atoms with Crippen molar-refractivity contribution in [3.05, 3.63) is 86.1 Å². The Labute approximate surface area is 343 Å². The molecule has 4 aromatic heterocycles. The van der Waals surface area contributed by atoms with Crippen molar-refractivity contribution in [1.29, 1.82) is 0 Å². The van der Waals surface area contributed by atoms with Crippen molar-refractivity contribution >= 4 is 68.9 Å². The van der Waals surface area contributed by atoms with Crippen LogP contribution in [0.5, 0.6) is 5.75 Å². The third kappa shape index (κ3) is 8.43. The molecule has 1 aliphatic rings. The Hall–Kier alpha value is -6.44. The molecule has 0 unspecified atom stereocenters. The molecule has 0 bridgehead atoms. The van der Waals surface area contributed by atoms with Crippen molar-refractivity contribution in [1.82, 2.24) is 38.8 Å². The van der Waals surface area contributed by atoms with E-state index in [9.17, 15) is 19.2 Å². The van der Waals surface area contributed by atoms with Crippen LogP contribution >= 0.6 is 11.3 Å². The Kier molecular flexibility index (Phi) is 11.9. The molecule has 1 saturated heterocycles. The molecule has 0 spiro atoms. The largest absolute Gasteiger partial charge is 0.494 e. The molecule has 7 rings (SSSR count). The maximum absolute atomic E-state index is 13.8. The molecule has 0 radical (unpaired) electrons. The molecule has 18 nitrogen and oxygen atoms in total. The number of rotatable bonds is 15. The Balaban J connectivity index is 1.29. The fraction of sp³-hybridized carbons (Fsp3) is 0.350. The standard InChI is InChI=1S/C40H46N12O6S/c1-6-27-34(59-23(4)43-27)38(56)47-40-44-28-18-24(35(41)53)17-26(21-49-12-14-58-15-13-49)32(28)50(40)10-8-9-11-51-33-29(19-25(36(42)54)20-31(33)57-5)45-39(51)46-37(55)30-16-22(3)48-52(30)7-2/h8-9,16-20H,6-7,10-15,21H2,1-5H3,(H2,41,53)(H2,42,54)(H,44,47,56)(H,45,46,55). The molecule has 2 aromatic carbocycles. The van der Waals surface area contributed by atoms with Crippen LogP contribution in [0.15, 0.2) is 42.5 Å². The third-order valence-corrected chi connectivity index (χ3v) is 11.0. The van der Waals surface area contributed by atoms with Gasteiger partial charge >= 0.3 is 0 Å². The van der Waals surface area contributed by atoms with Gasteiger partial charge in [-0.25, -0.2) is 15.0 Å². The van der Waals surface area contributed by atoms with Gasteiger partial charge in [0.05, 0.1) is 53.3 Å². The monoisotopic (exact) mass is 822 g/mol. The summed E-state index contributed by atoms with van der Waals surface area (Å²) < 4.78 is 16.6. The van der Waals surface area contributed by atoms with Crippen LogP contribution in [-0.4, -0.2) is 95.8 Å². The molecule has 1 fully saturated rings. The smallest absolute Gasteiger partial charge is 0.276 e. The number of ether oxygens (including phenoxy) is 2. The fourth-order valence-corrected chi connectivity index (χ4v) is 8.14. The number of nitrogens with zero attached hydrogens (tertiary/aromatic N) is 8. The first-order chi connectivity index (χ1) is 28.4. The Morgan fingerprint density at radius 3 is 2.07 bits per heavy atom. The van der Waals surface area contributed by atoms with E-state index in [4.69, 9.17) is 30.9 Å². The number of hydrogen-bond acceptors (Lipinski definition) is 12. The number of morpholine rings is 1. The number of aryl methyl sites for hydroxylation is 4. The van der Waals surface area contributed by atoms with Crippen LogP contribution in [0.3, 0.4) is 0 Å². The molecule has 19 heteroatoms. The molecule has 308 valence electrons. The number of anilines is 2. The number of carbonyl (C=O) groups is 4. The van der Waals surface area contributed by atoms with Crippen LogP contribution in [0.2, 0.25) is 0 Å². The average molecular weight is 823 g/mol. The third-order valence-electron chi connectivity index (χ3n) is 9.99. The minimum absolute atomic E-state index is 0.195. The van der Waals surface area contributed by atoms with Gasteiger partial charge in [-0.05, 0) is 63.1 Å². The molecule has 0 saturated carbocycles.